The molecule has 0 aliphatic carbocycles. The normalized spacial score (nSPS) is 13.8. The molecule has 4 fully saturated rings. The third-order valence-electron chi connectivity index (χ3n) is 18.1. The van der Waals surface area contributed by atoms with Crippen LogP contribution in [-0.4, -0.2) is 221 Å². The second kappa shape index (κ2) is 66.0. The Balaban J connectivity index is 0.000000569. The molecule has 138 heavy (non-hydrogen) atoms. The van der Waals surface area contributed by atoms with Crippen LogP contribution in [0.1, 0.15) is 121 Å². The van der Waals surface area contributed by atoms with Crippen LogP contribution in [0.4, 0.5) is 9.59 Å². The number of ether oxygens (including phenoxy) is 11. The third-order valence-corrected chi connectivity index (χ3v) is 26.5. The zero-order chi connectivity index (χ0) is 103. The van der Waals surface area contributed by atoms with E-state index < -0.39 is 54.5 Å². The zero-order valence-corrected chi connectivity index (χ0v) is 96.7. The number of halogens is 19. The number of nitrogens with zero attached hydrogens (tertiary/aromatic N) is 2. The molecule has 4 heterocycles. The second-order valence-electron chi connectivity index (χ2n) is 32.1. The summed E-state index contributed by atoms with van der Waals surface area (Å²) in [4.78, 5) is 33.9. The molecule has 45 heteroatoms. The Hall–Kier alpha value is -2.54. The molecule has 0 spiro atoms. The zero-order valence-electron chi connectivity index (χ0n) is 77.6. The fourth-order valence-corrected chi connectivity index (χ4v) is 18.2. The van der Waals surface area contributed by atoms with Gasteiger partial charge in [-0.15, -0.1) is 69.6 Å². The first kappa shape index (κ1) is 132. The first-order valence-electron chi connectivity index (χ1n) is 41.8. The number of aliphatic hydroxyl groups is 1. The van der Waals surface area contributed by atoms with Crippen molar-refractivity contribution in [2.45, 2.75) is 121 Å². The Kier molecular flexibility index (Phi) is 62.9. The van der Waals surface area contributed by atoms with E-state index in [-0.39, 0.29) is 90.4 Å². The van der Waals surface area contributed by atoms with E-state index in [9.17, 15) is 41.4 Å². The van der Waals surface area contributed by atoms with Gasteiger partial charge in [-0.1, -0.05) is 221 Å². The predicted octanol–water partition coefficient (Wildman–Crippen LogP) is 25.2. The second-order valence-corrected chi connectivity index (χ2v) is 45.0. The predicted molar refractivity (Wildman–Crippen MR) is 576 cm³/mol. The Morgan fingerprint density at radius 1 is 0.471 bits per heavy atom. The molecule has 0 unspecified atom stereocenters. The molecule has 0 bridgehead atoms. The van der Waals surface area contributed by atoms with Gasteiger partial charge in [0.2, 0.25) is 20.0 Å². The first-order chi connectivity index (χ1) is 64.2. The molecular weight excluding hydrogens is 2410 g/mol. The molecule has 4 saturated heterocycles. The average molecular weight is 2520 g/mol. The van der Waals surface area contributed by atoms with E-state index in [0.29, 0.717) is 197 Å². The van der Waals surface area contributed by atoms with Crippen molar-refractivity contribution in [3.63, 3.8) is 0 Å². The largest absolute Gasteiger partial charge is 1.00 e. The van der Waals surface area contributed by atoms with Gasteiger partial charge in [-0.25, -0.2) is 35.0 Å². The van der Waals surface area contributed by atoms with E-state index in [1.54, 1.807) is 102 Å². The Morgan fingerprint density at radius 3 is 1.00 bits per heavy atom. The number of phenolic OH excluding ortho intramolecular Hbond substituents is 2. The maximum absolute atomic E-state index is 12.4. The number of Topliss-reactive ketones (excluding diaryl/α,β-unsaturated/α-hetero) is 1. The molecule has 0 saturated carbocycles. The van der Waals surface area contributed by atoms with Crippen LogP contribution in [0.25, 0.3) is 0 Å². The molecule has 0 atom stereocenters. The number of rotatable bonds is 34. The number of ketones is 1. The van der Waals surface area contributed by atoms with E-state index in [1.165, 1.54) is 10.8 Å². The van der Waals surface area contributed by atoms with Crippen LogP contribution < -0.4 is 42.5 Å². The molecule has 766 valence electrons. The maximum atomic E-state index is 12.4. The van der Waals surface area contributed by atoms with Crippen LogP contribution >= 0.6 is 240 Å². The number of carbonyl (C=O) groups is 3. The summed E-state index contributed by atoms with van der Waals surface area (Å²) in [6, 6.07) is 32.0. The van der Waals surface area contributed by atoms with Crippen molar-refractivity contribution in [2.24, 2.45) is 0 Å². The first-order valence-corrected chi connectivity index (χ1v) is 55.6. The van der Waals surface area contributed by atoms with Crippen molar-refractivity contribution in [1.82, 2.24) is 8.61 Å². The number of benzene rings is 7. The summed E-state index contributed by atoms with van der Waals surface area (Å²) in [6.07, 6.45) is 6.27. The van der Waals surface area contributed by atoms with E-state index >= 15 is 0 Å². The fourth-order valence-electron chi connectivity index (χ4n) is 10.9. The van der Waals surface area contributed by atoms with Crippen molar-refractivity contribution in [1.29, 1.82) is 0 Å². The summed E-state index contributed by atoms with van der Waals surface area (Å²) < 4.78 is 110. The fraction of sp³-hybridized carbons (Fsp3) is 0.462. The average Bonchev–Trinajstić information content (AvgIpc) is 0.745. The van der Waals surface area contributed by atoms with Crippen molar-refractivity contribution in [3.8, 4) is 40.2 Å². The Bertz CT molecular complexity index is 5100. The van der Waals surface area contributed by atoms with E-state index in [1.807, 2.05) is 48.5 Å². The number of alkyl halides is 7. The van der Waals surface area contributed by atoms with Crippen LogP contribution in [-0.2, 0) is 69.7 Å². The summed E-state index contributed by atoms with van der Waals surface area (Å²) in [5, 5.41) is 32.7. The number of amides is 2. The Labute approximate surface area is 933 Å². The SMILES string of the molecule is C=C(CCl)CN(C(=O)OC(C)(C)C)S(C)(=O)=O.C=C(COc1ccc(C2(c3cc(Cl)c(OCCCCl)c(Cl)c3)COC2)cc1)CN(C(=O)OC(C)(C)C)S(C)(=O)=O.ClCCCI.ClCCCOc1c(Cl)cc(Br)cc1Cl.O=C1COC1.OC1(c2cc(Cl)c(OCCCCl)c(Cl)c2)COC1.Oc1c(Cl)cc(Br)cc1Cl.Oc1ccc(C2(c3cc(Cl)c(OCCCCl)c(Cl)c3)COC2)cc1.[CH2-]CCC.[Li+]. The van der Waals surface area contributed by atoms with Crippen molar-refractivity contribution in [2.75, 3.05) is 151 Å². The van der Waals surface area contributed by atoms with Crippen LogP contribution in [0.3, 0.4) is 0 Å². The maximum Gasteiger partial charge on any atom is 1.00 e. The Morgan fingerprint density at radius 2 is 0.761 bits per heavy atom. The van der Waals surface area contributed by atoms with Gasteiger partial charge in [-0.2, -0.15) is 6.42 Å². The number of carbonyl (C=O) groups excluding carboxylic acids is 3. The van der Waals surface area contributed by atoms with Gasteiger partial charge < -0.3 is 74.3 Å². The van der Waals surface area contributed by atoms with E-state index in [4.69, 9.17) is 238 Å². The van der Waals surface area contributed by atoms with Gasteiger partial charge in [-0.05, 0) is 198 Å². The number of aromatic hydroxyl groups is 2. The van der Waals surface area contributed by atoms with Crippen LogP contribution in [0, 0.1) is 6.92 Å². The van der Waals surface area contributed by atoms with Gasteiger partial charge in [0.05, 0.1) is 153 Å². The monoisotopic (exact) mass is 2510 g/mol. The third kappa shape index (κ3) is 46.1. The number of unbranched alkanes of at least 4 members (excludes halogenated alkanes) is 1. The standard InChI is InChI=1S/C28H34Cl3NO7S.C18H17Cl3O3.C12H13Cl3O3.C10H18ClNO4S.C9H8BrCl3O.C6H3BrCl2O.C4H9.C3H6ClI.C3H4O2.Li/c1-19(15-32(40(5,34)35)26(33)39-27(2,3)4)16-38-22-9-7-20(8-10-22)28(17-36-18-28)21-13-23(30)25(24(31)14-21)37-12-6-11-29;19-6-1-7-24-17-15(20)8-13(9-16(17)21)18(10-23-11-18)12-2-4-14(22)5-3-12;13-2-1-3-18-11-9(14)4-8(5-10(11)15)12(16)6-17-7-12;1-8(6-11)7-12(17(5,14)15)9(13)16-10(2,3)4;10-6-4-7(12)9(8(13)5-6)14-3-1-2-11;7-3-1-4(8)6(10)5(9)2-3;1-3-4-2;4-2-1-3-5;4-3-1-5-2-3;/h7-10,13-14H,1,6,11-12,15-18H2,2-5H3;2-5,8-9,22H,1,6-7,10-11H2;4-5,16H,1-3,6-7H2;1,6-7H2,2-5H3;4-5H,1-3H2;1-2,10H;1,3-4H2,2H3;1-3H2;1-2H2;/q;;;;;;-1;;;+1. The molecule has 4 aliphatic rings. The van der Waals surface area contributed by atoms with Gasteiger partial charge in [0.15, 0.2) is 34.5 Å². The molecule has 11 rings (SSSR count). The van der Waals surface area contributed by atoms with Gasteiger partial charge in [0.1, 0.15) is 48.1 Å². The molecular formula is C93H112Br2Cl16ILiN2O21S2. The van der Waals surface area contributed by atoms with Crippen LogP contribution in [0.5, 0.6) is 40.2 Å². The van der Waals surface area contributed by atoms with Crippen molar-refractivity contribution >= 4 is 278 Å². The van der Waals surface area contributed by atoms with Gasteiger partial charge >= 0.3 is 31.0 Å². The van der Waals surface area contributed by atoms with Crippen molar-refractivity contribution < 1.29 is 118 Å². The topological polar surface area (TPSA) is 288 Å². The van der Waals surface area contributed by atoms with Crippen LogP contribution in [0.2, 0.25) is 50.2 Å². The number of sulfonamides is 2. The van der Waals surface area contributed by atoms with Crippen molar-refractivity contribution in [3.05, 3.63) is 227 Å². The van der Waals surface area contributed by atoms with Gasteiger partial charge in [0.25, 0.3) is 0 Å². The molecule has 3 N–H and O–H groups in total. The molecule has 7 aromatic carbocycles. The molecule has 7 aromatic rings. The van der Waals surface area contributed by atoms with Gasteiger partial charge in [-0.3, -0.25) is 4.79 Å². The van der Waals surface area contributed by atoms with Crippen LogP contribution in [0.15, 0.2) is 142 Å². The minimum atomic E-state index is -3.88. The number of phenols is 2. The summed E-state index contributed by atoms with van der Waals surface area (Å²) >= 11 is 103. The number of hydrogen-bond acceptors (Lipinski definition) is 21. The summed E-state index contributed by atoms with van der Waals surface area (Å²) in [5.41, 5.74) is 2.02. The van der Waals surface area contributed by atoms with E-state index in [0.717, 1.165) is 75.3 Å². The molecule has 0 radical (unpaired) electrons. The molecule has 23 nitrogen and oxygen atoms in total. The summed E-state index contributed by atoms with van der Waals surface area (Å²) in [5.74, 6) is 5.73. The molecule has 0 aromatic heterocycles. The quantitative estimate of drug-likeness (QED) is 0.00843. The van der Waals surface area contributed by atoms with Gasteiger partial charge in [0, 0.05) is 48.7 Å². The summed E-state index contributed by atoms with van der Waals surface area (Å²) in [7, 11) is -7.58. The minimum absolute atomic E-state index is 0. The van der Waals surface area contributed by atoms with E-state index in [2.05, 4.69) is 86.2 Å². The molecule has 4 aliphatic heterocycles. The molecule has 2 amide bonds. The summed E-state index contributed by atoms with van der Waals surface area (Å²) in [6.45, 7) is 27.7. The number of hydrogen-bond donors (Lipinski definition) is 3. The minimum Gasteiger partial charge on any atom is -0.508 e. The smallest absolute Gasteiger partial charge is 0.508 e.